The SMILES string of the molecule is CC(Oc1ccccc1)C(=O)N1CCN(c2ccc(Cl)cc2[N+](=O)[O-])CC1. The molecule has 0 N–H and O–H groups in total. The standard InChI is InChI=1S/C19H20ClN3O4/c1-14(27-16-5-3-2-4-6-16)19(24)22-11-9-21(10-12-22)17-8-7-15(20)13-18(17)23(25)26/h2-8,13-14H,9-12H2,1H3. The molecule has 8 heteroatoms. The number of nitro benzene ring substituents is 1. The van der Waals surface area contributed by atoms with Crippen molar-refractivity contribution < 1.29 is 14.5 Å². The normalized spacial score (nSPS) is 15.3. The van der Waals surface area contributed by atoms with Crippen molar-refractivity contribution in [2.45, 2.75) is 13.0 Å². The van der Waals surface area contributed by atoms with Crippen LogP contribution in [-0.4, -0.2) is 48.0 Å². The quantitative estimate of drug-likeness (QED) is 0.579. The predicted octanol–water partition coefficient (Wildman–Crippen LogP) is 3.36. The fourth-order valence-corrected chi connectivity index (χ4v) is 3.26. The number of anilines is 1. The van der Waals surface area contributed by atoms with E-state index in [1.54, 1.807) is 36.1 Å². The van der Waals surface area contributed by atoms with Crippen LogP contribution >= 0.6 is 11.6 Å². The van der Waals surface area contributed by atoms with E-state index in [0.717, 1.165) is 0 Å². The molecule has 1 amide bonds. The fourth-order valence-electron chi connectivity index (χ4n) is 3.09. The Kier molecular flexibility index (Phi) is 5.81. The Morgan fingerprint density at radius 3 is 2.44 bits per heavy atom. The summed E-state index contributed by atoms with van der Waals surface area (Å²) in [6.07, 6.45) is -0.594. The minimum atomic E-state index is -0.594. The molecule has 1 aliphatic rings. The first kappa shape index (κ1) is 19.0. The summed E-state index contributed by atoms with van der Waals surface area (Å²) >= 11 is 5.88. The molecule has 0 aromatic heterocycles. The summed E-state index contributed by atoms with van der Waals surface area (Å²) in [5.41, 5.74) is 0.494. The number of rotatable bonds is 5. The zero-order valence-corrected chi connectivity index (χ0v) is 15.6. The third kappa shape index (κ3) is 4.49. The summed E-state index contributed by atoms with van der Waals surface area (Å²) in [6.45, 7) is 3.69. The number of amides is 1. The van der Waals surface area contributed by atoms with Crippen LogP contribution < -0.4 is 9.64 Å². The van der Waals surface area contributed by atoms with Crippen LogP contribution in [0.5, 0.6) is 5.75 Å². The molecular weight excluding hydrogens is 370 g/mol. The van der Waals surface area contributed by atoms with Gasteiger partial charge in [-0.15, -0.1) is 0 Å². The van der Waals surface area contributed by atoms with Gasteiger partial charge in [-0.05, 0) is 31.2 Å². The smallest absolute Gasteiger partial charge is 0.294 e. The van der Waals surface area contributed by atoms with E-state index in [1.807, 2.05) is 23.1 Å². The number of carbonyl (C=O) groups excluding carboxylic acids is 1. The maximum absolute atomic E-state index is 12.6. The molecule has 1 atom stereocenters. The van der Waals surface area contributed by atoms with Gasteiger partial charge in [-0.1, -0.05) is 29.8 Å². The number of nitro groups is 1. The Morgan fingerprint density at radius 2 is 1.81 bits per heavy atom. The number of nitrogens with zero attached hydrogens (tertiary/aromatic N) is 3. The minimum absolute atomic E-state index is 0.0249. The Balaban J connectivity index is 1.62. The van der Waals surface area contributed by atoms with E-state index in [2.05, 4.69) is 0 Å². The number of piperazine rings is 1. The van der Waals surface area contributed by atoms with Crippen molar-refractivity contribution >= 4 is 28.9 Å². The Hall–Kier alpha value is -2.80. The van der Waals surface area contributed by atoms with Gasteiger partial charge in [0, 0.05) is 37.3 Å². The van der Waals surface area contributed by atoms with Crippen LogP contribution in [0.4, 0.5) is 11.4 Å². The molecule has 1 unspecified atom stereocenters. The highest BCUT2D eigenvalue weighted by Gasteiger charge is 2.28. The predicted molar refractivity (Wildman–Crippen MR) is 103 cm³/mol. The molecule has 0 saturated carbocycles. The highest BCUT2D eigenvalue weighted by Crippen LogP contribution is 2.31. The number of para-hydroxylation sites is 1. The van der Waals surface area contributed by atoms with Gasteiger partial charge in [0.05, 0.1) is 4.92 Å². The Morgan fingerprint density at radius 1 is 1.15 bits per heavy atom. The van der Waals surface area contributed by atoms with E-state index in [0.29, 0.717) is 42.6 Å². The summed E-state index contributed by atoms with van der Waals surface area (Å²) in [6, 6.07) is 13.8. The summed E-state index contributed by atoms with van der Waals surface area (Å²) in [7, 11) is 0. The average Bonchev–Trinajstić information content (AvgIpc) is 2.68. The third-order valence-electron chi connectivity index (χ3n) is 4.47. The molecule has 1 saturated heterocycles. The number of carbonyl (C=O) groups is 1. The molecule has 142 valence electrons. The summed E-state index contributed by atoms with van der Waals surface area (Å²) in [4.78, 5) is 27.1. The zero-order valence-electron chi connectivity index (χ0n) is 14.9. The largest absolute Gasteiger partial charge is 0.481 e. The van der Waals surface area contributed by atoms with Crippen molar-refractivity contribution in [2.75, 3.05) is 31.1 Å². The molecule has 2 aromatic carbocycles. The zero-order chi connectivity index (χ0) is 19.4. The second-order valence-electron chi connectivity index (χ2n) is 6.28. The Labute approximate surface area is 162 Å². The molecular formula is C19H20ClN3O4. The first-order valence-corrected chi connectivity index (χ1v) is 9.03. The molecule has 2 aromatic rings. The van der Waals surface area contributed by atoms with Gasteiger partial charge in [0.15, 0.2) is 6.10 Å². The first-order valence-electron chi connectivity index (χ1n) is 8.65. The van der Waals surface area contributed by atoms with Gasteiger partial charge in [-0.2, -0.15) is 0 Å². The lowest BCUT2D eigenvalue weighted by atomic mass is 10.2. The molecule has 0 spiro atoms. The van der Waals surface area contributed by atoms with Gasteiger partial charge < -0.3 is 14.5 Å². The lowest BCUT2D eigenvalue weighted by molar-refractivity contribution is -0.384. The van der Waals surface area contributed by atoms with Crippen LogP contribution in [0.3, 0.4) is 0 Å². The summed E-state index contributed by atoms with van der Waals surface area (Å²) in [5.74, 6) is 0.554. The molecule has 0 radical (unpaired) electrons. The van der Waals surface area contributed by atoms with Gasteiger partial charge >= 0.3 is 0 Å². The number of hydrogen-bond acceptors (Lipinski definition) is 5. The van der Waals surface area contributed by atoms with Crippen molar-refractivity contribution in [3.63, 3.8) is 0 Å². The summed E-state index contributed by atoms with van der Waals surface area (Å²) in [5, 5.41) is 11.6. The second kappa shape index (κ2) is 8.26. The maximum atomic E-state index is 12.6. The van der Waals surface area contributed by atoms with E-state index in [4.69, 9.17) is 16.3 Å². The highest BCUT2D eigenvalue weighted by atomic mass is 35.5. The van der Waals surface area contributed by atoms with Gasteiger partial charge in [0.1, 0.15) is 11.4 Å². The van der Waals surface area contributed by atoms with Crippen LogP contribution in [0.15, 0.2) is 48.5 Å². The Bertz CT molecular complexity index is 823. The van der Waals surface area contributed by atoms with Crippen LogP contribution in [0.2, 0.25) is 5.02 Å². The van der Waals surface area contributed by atoms with E-state index in [1.165, 1.54) is 6.07 Å². The lowest BCUT2D eigenvalue weighted by Gasteiger charge is -2.36. The van der Waals surface area contributed by atoms with Crippen LogP contribution in [0.25, 0.3) is 0 Å². The third-order valence-corrected chi connectivity index (χ3v) is 4.71. The van der Waals surface area contributed by atoms with Crippen molar-refractivity contribution in [2.24, 2.45) is 0 Å². The monoisotopic (exact) mass is 389 g/mol. The molecule has 27 heavy (non-hydrogen) atoms. The van der Waals surface area contributed by atoms with Crippen LogP contribution in [0, 0.1) is 10.1 Å². The van der Waals surface area contributed by atoms with Crippen LogP contribution in [-0.2, 0) is 4.79 Å². The van der Waals surface area contributed by atoms with Crippen molar-refractivity contribution in [1.29, 1.82) is 0 Å². The number of hydrogen-bond donors (Lipinski definition) is 0. The second-order valence-corrected chi connectivity index (χ2v) is 6.71. The number of benzene rings is 2. The van der Waals surface area contributed by atoms with Crippen LogP contribution in [0.1, 0.15) is 6.92 Å². The molecule has 7 nitrogen and oxygen atoms in total. The maximum Gasteiger partial charge on any atom is 0.294 e. The molecule has 0 aliphatic carbocycles. The molecule has 3 rings (SSSR count). The molecule has 1 aliphatic heterocycles. The number of halogens is 1. The van der Waals surface area contributed by atoms with E-state index in [-0.39, 0.29) is 11.6 Å². The average molecular weight is 390 g/mol. The molecule has 0 bridgehead atoms. The first-order chi connectivity index (χ1) is 13.0. The van der Waals surface area contributed by atoms with Crippen molar-refractivity contribution in [1.82, 2.24) is 4.90 Å². The minimum Gasteiger partial charge on any atom is -0.481 e. The topological polar surface area (TPSA) is 75.9 Å². The van der Waals surface area contributed by atoms with Gasteiger partial charge in [-0.3, -0.25) is 14.9 Å². The van der Waals surface area contributed by atoms with Crippen molar-refractivity contribution in [3.8, 4) is 5.75 Å². The lowest BCUT2D eigenvalue weighted by Crippen LogP contribution is -2.52. The fraction of sp³-hybridized carbons (Fsp3) is 0.316. The van der Waals surface area contributed by atoms with E-state index >= 15 is 0 Å². The van der Waals surface area contributed by atoms with Gasteiger partial charge in [0.2, 0.25) is 0 Å². The molecule has 1 fully saturated rings. The van der Waals surface area contributed by atoms with Gasteiger partial charge in [-0.25, -0.2) is 0 Å². The summed E-state index contributed by atoms with van der Waals surface area (Å²) < 4.78 is 5.70. The molecule has 1 heterocycles. The van der Waals surface area contributed by atoms with Crippen molar-refractivity contribution in [3.05, 3.63) is 63.7 Å². The highest BCUT2D eigenvalue weighted by molar-refractivity contribution is 6.30. The number of ether oxygens (including phenoxy) is 1. The van der Waals surface area contributed by atoms with E-state index < -0.39 is 11.0 Å². The van der Waals surface area contributed by atoms with Gasteiger partial charge in [0.25, 0.3) is 11.6 Å². The van der Waals surface area contributed by atoms with E-state index in [9.17, 15) is 14.9 Å².